The number of rotatable bonds is 7. The van der Waals surface area contributed by atoms with Crippen molar-refractivity contribution >= 4 is 21.6 Å². The number of carbonyl (C=O) groups is 2. The van der Waals surface area contributed by atoms with Crippen LogP contribution in [-0.4, -0.2) is 45.4 Å². The zero-order valence-electron chi connectivity index (χ0n) is 11.3. The highest BCUT2D eigenvalue weighted by atomic mass is 32.2. The van der Waals surface area contributed by atoms with Gasteiger partial charge in [-0.1, -0.05) is 12.1 Å². The van der Waals surface area contributed by atoms with Crippen LogP contribution in [0.15, 0.2) is 24.3 Å². The zero-order chi connectivity index (χ0) is 15.2. The van der Waals surface area contributed by atoms with Crippen LogP contribution in [0.3, 0.4) is 0 Å². The largest absolute Gasteiger partial charge is 0.493 e. The number of carbonyl (C=O) groups excluding carboxylic acids is 2. The predicted octanol–water partition coefficient (Wildman–Crippen LogP) is 0.856. The molecule has 110 valence electrons. The monoisotopic (exact) mass is 300 g/mol. The fourth-order valence-corrected chi connectivity index (χ4v) is 2.68. The van der Waals surface area contributed by atoms with Crippen molar-refractivity contribution < 1.29 is 27.5 Å². The predicted molar refractivity (Wildman–Crippen MR) is 72.6 cm³/mol. The van der Waals surface area contributed by atoms with Crippen LogP contribution >= 0.6 is 0 Å². The van der Waals surface area contributed by atoms with Crippen molar-refractivity contribution in [1.29, 1.82) is 0 Å². The first-order chi connectivity index (χ1) is 9.39. The van der Waals surface area contributed by atoms with Gasteiger partial charge in [-0.15, -0.1) is 0 Å². The Morgan fingerprint density at radius 2 is 1.80 bits per heavy atom. The molecule has 0 bridgehead atoms. The first-order valence-electron chi connectivity index (χ1n) is 5.92. The summed E-state index contributed by atoms with van der Waals surface area (Å²) < 4.78 is 32.9. The number of Topliss-reactive ketones (excluding diaryl/α,β-unsaturated/α-hetero) is 1. The minimum atomic E-state index is -3.85. The Labute approximate surface area is 117 Å². The molecule has 0 unspecified atom stereocenters. The molecule has 0 fully saturated rings. The Bertz CT molecular complexity index is 591. The van der Waals surface area contributed by atoms with Crippen molar-refractivity contribution in [2.45, 2.75) is 6.92 Å². The quantitative estimate of drug-likeness (QED) is 0.548. The van der Waals surface area contributed by atoms with Crippen LogP contribution in [0.5, 0.6) is 5.75 Å². The third-order valence-corrected chi connectivity index (χ3v) is 3.78. The van der Waals surface area contributed by atoms with Crippen LogP contribution < -0.4 is 4.74 Å². The van der Waals surface area contributed by atoms with Gasteiger partial charge in [0.2, 0.25) is 0 Å². The Morgan fingerprint density at radius 1 is 1.15 bits per heavy atom. The van der Waals surface area contributed by atoms with Gasteiger partial charge in [-0.2, -0.15) is 0 Å². The minimum Gasteiger partial charge on any atom is -0.493 e. The second-order valence-electron chi connectivity index (χ2n) is 3.96. The molecule has 0 heterocycles. The van der Waals surface area contributed by atoms with E-state index in [4.69, 9.17) is 4.74 Å². The molecule has 0 spiro atoms. The van der Waals surface area contributed by atoms with Crippen LogP contribution in [0.1, 0.15) is 17.3 Å². The molecule has 0 aromatic heterocycles. The van der Waals surface area contributed by atoms with Gasteiger partial charge in [-0.3, -0.25) is 9.59 Å². The molecule has 1 rings (SSSR count). The van der Waals surface area contributed by atoms with Gasteiger partial charge in [0.1, 0.15) is 17.3 Å². The molecule has 0 atom stereocenters. The van der Waals surface area contributed by atoms with Crippen LogP contribution in [0, 0.1) is 0 Å². The van der Waals surface area contributed by atoms with Crippen LogP contribution in [0.4, 0.5) is 0 Å². The van der Waals surface area contributed by atoms with E-state index in [-0.39, 0.29) is 5.56 Å². The van der Waals surface area contributed by atoms with Crippen LogP contribution in [0.2, 0.25) is 0 Å². The molecule has 6 nitrogen and oxygen atoms in total. The molecule has 0 aliphatic rings. The fraction of sp³-hybridized carbons (Fsp3) is 0.385. The summed E-state index contributed by atoms with van der Waals surface area (Å²) in [5.41, 5.74) is 0.183. The lowest BCUT2D eigenvalue weighted by Gasteiger charge is -2.09. The van der Waals surface area contributed by atoms with Crippen molar-refractivity contribution in [2.75, 3.05) is 25.2 Å². The Kier molecular flexibility index (Phi) is 5.69. The highest BCUT2D eigenvalue weighted by Crippen LogP contribution is 2.19. The average Bonchev–Trinajstić information content (AvgIpc) is 2.38. The number of esters is 1. The standard InChI is InChI=1S/C13H16O6S/c1-3-19-12-7-5-4-6-10(12)11(14)8-20(16,17)9-13(15)18-2/h4-7H,3,8-9H2,1-2H3. The first kappa shape index (κ1) is 16.2. The SMILES string of the molecule is CCOc1ccccc1C(=O)CS(=O)(=O)CC(=O)OC. The number of ketones is 1. The van der Waals surface area contributed by atoms with Crippen molar-refractivity contribution in [2.24, 2.45) is 0 Å². The molecule has 0 aliphatic heterocycles. The topological polar surface area (TPSA) is 86.7 Å². The van der Waals surface area contributed by atoms with Gasteiger partial charge < -0.3 is 9.47 Å². The number of hydrogen-bond acceptors (Lipinski definition) is 6. The molecule has 20 heavy (non-hydrogen) atoms. The number of ether oxygens (including phenoxy) is 2. The Hall–Kier alpha value is -1.89. The van der Waals surface area contributed by atoms with E-state index >= 15 is 0 Å². The van der Waals surface area contributed by atoms with E-state index < -0.39 is 33.1 Å². The zero-order valence-corrected chi connectivity index (χ0v) is 12.1. The van der Waals surface area contributed by atoms with Crippen LogP contribution in [-0.2, 0) is 19.4 Å². The number of para-hydroxylation sites is 1. The summed E-state index contributed by atoms with van der Waals surface area (Å²) in [5, 5.41) is 0. The van der Waals surface area contributed by atoms with E-state index in [2.05, 4.69) is 4.74 Å². The maximum Gasteiger partial charge on any atom is 0.320 e. The first-order valence-corrected chi connectivity index (χ1v) is 7.74. The molecule has 0 radical (unpaired) electrons. The summed E-state index contributed by atoms with van der Waals surface area (Å²) in [6.07, 6.45) is 0. The number of sulfone groups is 1. The molecule has 1 aromatic carbocycles. The summed E-state index contributed by atoms with van der Waals surface area (Å²) in [5.74, 6) is -2.75. The maximum absolute atomic E-state index is 12.0. The second-order valence-corrected chi connectivity index (χ2v) is 6.03. The van der Waals surface area contributed by atoms with E-state index in [0.717, 1.165) is 7.11 Å². The lowest BCUT2D eigenvalue weighted by atomic mass is 10.1. The number of hydrogen-bond donors (Lipinski definition) is 0. The van der Waals surface area contributed by atoms with Gasteiger partial charge in [0.05, 0.1) is 19.3 Å². The normalized spacial score (nSPS) is 10.9. The van der Waals surface area contributed by atoms with Gasteiger partial charge in [-0.05, 0) is 19.1 Å². The Morgan fingerprint density at radius 3 is 2.40 bits per heavy atom. The van der Waals surface area contributed by atoms with E-state index in [1.54, 1.807) is 25.1 Å². The molecular formula is C13H16O6S. The molecule has 7 heteroatoms. The van der Waals surface area contributed by atoms with E-state index in [9.17, 15) is 18.0 Å². The summed E-state index contributed by atoms with van der Waals surface area (Å²) in [7, 11) is -2.76. The smallest absolute Gasteiger partial charge is 0.320 e. The van der Waals surface area contributed by atoms with Crippen molar-refractivity contribution in [1.82, 2.24) is 0 Å². The molecule has 0 saturated carbocycles. The van der Waals surface area contributed by atoms with Gasteiger partial charge in [0.25, 0.3) is 0 Å². The fourth-order valence-electron chi connectivity index (χ4n) is 1.55. The Balaban J connectivity index is 2.89. The summed E-state index contributed by atoms with van der Waals surface area (Å²) in [6.45, 7) is 2.12. The van der Waals surface area contributed by atoms with E-state index in [1.807, 2.05) is 0 Å². The molecule has 0 saturated heterocycles. The third kappa shape index (κ3) is 4.65. The summed E-state index contributed by atoms with van der Waals surface area (Å²) in [6, 6.07) is 6.37. The van der Waals surface area contributed by atoms with Gasteiger partial charge >= 0.3 is 5.97 Å². The second kappa shape index (κ2) is 7.04. The van der Waals surface area contributed by atoms with Crippen LogP contribution in [0.25, 0.3) is 0 Å². The minimum absolute atomic E-state index is 0.183. The molecule has 0 aliphatic carbocycles. The molecule has 0 amide bonds. The number of benzene rings is 1. The molecule has 0 N–H and O–H groups in total. The maximum atomic E-state index is 12.0. The van der Waals surface area contributed by atoms with Crippen molar-refractivity contribution in [3.05, 3.63) is 29.8 Å². The summed E-state index contributed by atoms with van der Waals surface area (Å²) >= 11 is 0. The summed E-state index contributed by atoms with van der Waals surface area (Å²) in [4.78, 5) is 23.0. The lowest BCUT2D eigenvalue weighted by Crippen LogP contribution is -2.24. The van der Waals surface area contributed by atoms with Gasteiger partial charge in [0.15, 0.2) is 15.6 Å². The van der Waals surface area contributed by atoms with Gasteiger partial charge in [0, 0.05) is 0 Å². The van der Waals surface area contributed by atoms with Crippen molar-refractivity contribution in [3.8, 4) is 5.75 Å². The third-order valence-electron chi connectivity index (χ3n) is 2.40. The highest BCUT2D eigenvalue weighted by molar-refractivity contribution is 7.92. The number of methoxy groups -OCH3 is 1. The lowest BCUT2D eigenvalue weighted by molar-refractivity contribution is -0.137. The van der Waals surface area contributed by atoms with E-state index in [0.29, 0.717) is 12.4 Å². The molecule has 1 aromatic rings. The highest BCUT2D eigenvalue weighted by Gasteiger charge is 2.23. The average molecular weight is 300 g/mol. The molecular weight excluding hydrogens is 284 g/mol. The van der Waals surface area contributed by atoms with Gasteiger partial charge in [-0.25, -0.2) is 8.42 Å². The van der Waals surface area contributed by atoms with E-state index in [1.165, 1.54) is 6.07 Å². The van der Waals surface area contributed by atoms with Crippen molar-refractivity contribution in [3.63, 3.8) is 0 Å².